The molecular weight excluding hydrogens is 196 g/mol. The van der Waals surface area contributed by atoms with Crippen LogP contribution < -0.4 is 5.32 Å². The Bertz CT molecular complexity index is 352. The SMILES string of the molecule is CC(Nc1c(F)cccc1F)C1(C)CC1. The summed E-state index contributed by atoms with van der Waals surface area (Å²) in [5.74, 6) is -1.04. The van der Waals surface area contributed by atoms with Gasteiger partial charge in [0.05, 0.1) is 0 Å². The molecule has 0 radical (unpaired) electrons. The zero-order valence-corrected chi connectivity index (χ0v) is 8.98. The van der Waals surface area contributed by atoms with Gasteiger partial charge in [-0.3, -0.25) is 0 Å². The van der Waals surface area contributed by atoms with Crippen LogP contribution in [0.25, 0.3) is 0 Å². The summed E-state index contributed by atoms with van der Waals surface area (Å²) >= 11 is 0. The van der Waals surface area contributed by atoms with E-state index in [1.165, 1.54) is 18.2 Å². The molecule has 1 aliphatic rings. The number of rotatable bonds is 3. The molecule has 1 saturated carbocycles. The lowest BCUT2D eigenvalue weighted by atomic mass is 10.0. The standard InChI is InChI=1S/C12H15F2N/c1-8(12(2)6-7-12)15-11-9(13)4-3-5-10(11)14/h3-5,8,15H,6-7H2,1-2H3. The second-order valence-electron chi connectivity index (χ2n) is 4.62. The van der Waals surface area contributed by atoms with Crippen LogP contribution in [0.15, 0.2) is 18.2 Å². The van der Waals surface area contributed by atoms with Crippen molar-refractivity contribution in [2.75, 3.05) is 5.32 Å². The van der Waals surface area contributed by atoms with Crippen LogP contribution >= 0.6 is 0 Å². The smallest absolute Gasteiger partial charge is 0.149 e. The molecule has 1 nitrogen and oxygen atoms in total. The van der Waals surface area contributed by atoms with Gasteiger partial charge in [0.1, 0.15) is 17.3 Å². The van der Waals surface area contributed by atoms with E-state index in [2.05, 4.69) is 12.2 Å². The number of halogens is 2. The molecule has 1 aromatic rings. The molecule has 1 unspecified atom stereocenters. The first-order chi connectivity index (χ1) is 7.03. The molecule has 0 amide bonds. The fourth-order valence-electron chi connectivity index (χ4n) is 1.66. The fraction of sp³-hybridized carbons (Fsp3) is 0.500. The van der Waals surface area contributed by atoms with E-state index in [-0.39, 0.29) is 17.1 Å². The van der Waals surface area contributed by atoms with Crippen molar-refractivity contribution in [3.8, 4) is 0 Å². The first kappa shape index (κ1) is 10.4. The molecule has 15 heavy (non-hydrogen) atoms. The van der Waals surface area contributed by atoms with Crippen LogP contribution in [0.1, 0.15) is 26.7 Å². The molecule has 0 aromatic heterocycles. The average Bonchev–Trinajstić information content (AvgIpc) is 2.91. The Morgan fingerprint density at radius 3 is 2.27 bits per heavy atom. The molecule has 3 heteroatoms. The summed E-state index contributed by atoms with van der Waals surface area (Å²) in [4.78, 5) is 0. The molecule has 0 bridgehead atoms. The maximum atomic E-state index is 13.3. The van der Waals surface area contributed by atoms with E-state index < -0.39 is 11.6 Å². The molecule has 0 spiro atoms. The lowest BCUT2D eigenvalue weighted by molar-refractivity contribution is 0.485. The summed E-state index contributed by atoms with van der Waals surface area (Å²) in [6.07, 6.45) is 2.24. The van der Waals surface area contributed by atoms with Gasteiger partial charge in [-0.2, -0.15) is 0 Å². The largest absolute Gasteiger partial charge is 0.377 e. The second kappa shape index (κ2) is 3.47. The quantitative estimate of drug-likeness (QED) is 0.806. The third-order valence-electron chi connectivity index (χ3n) is 3.41. The number of hydrogen-bond donors (Lipinski definition) is 1. The van der Waals surface area contributed by atoms with E-state index in [0.29, 0.717) is 0 Å². The van der Waals surface area contributed by atoms with Crippen molar-refractivity contribution < 1.29 is 8.78 Å². The van der Waals surface area contributed by atoms with Gasteiger partial charge < -0.3 is 5.32 Å². The maximum Gasteiger partial charge on any atom is 0.149 e. The number of hydrogen-bond acceptors (Lipinski definition) is 1. The van der Waals surface area contributed by atoms with Crippen molar-refractivity contribution in [1.82, 2.24) is 0 Å². The van der Waals surface area contributed by atoms with Gasteiger partial charge in [-0.1, -0.05) is 13.0 Å². The molecule has 0 aliphatic heterocycles. The average molecular weight is 211 g/mol. The van der Waals surface area contributed by atoms with Crippen molar-refractivity contribution in [3.05, 3.63) is 29.8 Å². The second-order valence-corrected chi connectivity index (χ2v) is 4.62. The lowest BCUT2D eigenvalue weighted by Gasteiger charge is -2.22. The van der Waals surface area contributed by atoms with Gasteiger partial charge in [0.25, 0.3) is 0 Å². The Labute approximate surface area is 88.5 Å². The predicted molar refractivity (Wildman–Crippen MR) is 56.8 cm³/mol. The maximum absolute atomic E-state index is 13.3. The highest BCUT2D eigenvalue weighted by molar-refractivity contribution is 5.47. The zero-order valence-electron chi connectivity index (χ0n) is 8.98. The molecule has 0 saturated heterocycles. The summed E-state index contributed by atoms with van der Waals surface area (Å²) < 4.78 is 26.6. The first-order valence-electron chi connectivity index (χ1n) is 5.23. The molecule has 2 rings (SSSR count). The van der Waals surface area contributed by atoms with E-state index in [1.54, 1.807) is 0 Å². The first-order valence-corrected chi connectivity index (χ1v) is 5.23. The van der Waals surface area contributed by atoms with E-state index in [9.17, 15) is 8.78 Å². The van der Waals surface area contributed by atoms with Crippen LogP contribution in [0, 0.1) is 17.0 Å². The van der Waals surface area contributed by atoms with Gasteiger partial charge in [-0.15, -0.1) is 0 Å². The van der Waals surface area contributed by atoms with E-state index in [4.69, 9.17) is 0 Å². The van der Waals surface area contributed by atoms with Crippen LogP contribution in [0.5, 0.6) is 0 Å². The van der Waals surface area contributed by atoms with Gasteiger partial charge in [0.15, 0.2) is 0 Å². The van der Waals surface area contributed by atoms with E-state index in [1.807, 2.05) is 6.92 Å². The van der Waals surface area contributed by atoms with Crippen LogP contribution in [0.3, 0.4) is 0 Å². The van der Waals surface area contributed by atoms with E-state index >= 15 is 0 Å². The van der Waals surface area contributed by atoms with Gasteiger partial charge in [-0.05, 0) is 37.3 Å². The minimum absolute atomic E-state index is 0.00174. The zero-order chi connectivity index (χ0) is 11.1. The van der Waals surface area contributed by atoms with Gasteiger partial charge in [0, 0.05) is 6.04 Å². The van der Waals surface area contributed by atoms with Crippen LogP contribution in [-0.2, 0) is 0 Å². The summed E-state index contributed by atoms with van der Waals surface area (Å²) in [7, 11) is 0. The third kappa shape index (κ3) is 1.96. The Kier molecular flexibility index (Phi) is 2.41. The van der Waals surface area contributed by atoms with Crippen molar-refractivity contribution in [2.45, 2.75) is 32.7 Å². The molecule has 1 aromatic carbocycles. The number of anilines is 1. The highest BCUT2D eigenvalue weighted by atomic mass is 19.1. The van der Waals surface area contributed by atoms with Crippen molar-refractivity contribution >= 4 is 5.69 Å². The highest BCUT2D eigenvalue weighted by Gasteiger charge is 2.42. The third-order valence-corrected chi connectivity index (χ3v) is 3.41. The Hall–Kier alpha value is -1.12. The molecule has 0 heterocycles. The number of nitrogens with one attached hydrogen (secondary N) is 1. The normalized spacial score (nSPS) is 19.7. The van der Waals surface area contributed by atoms with Gasteiger partial charge in [0.2, 0.25) is 0 Å². The van der Waals surface area contributed by atoms with Gasteiger partial charge in [-0.25, -0.2) is 8.78 Å². The minimum atomic E-state index is -0.522. The van der Waals surface area contributed by atoms with Crippen molar-refractivity contribution in [3.63, 3.8) is 0 Å². The van der Waals surface area contributed by atoms with Crippen molar-refractivity contribution in [2.24, 2.45) is 5.41 Å². The molecular formula is C12H15F2N. The molecule has 1 atom stereocenters. The van der Waals surface area contributed by atoms with Crippen molar-refractivity contribution in [1.29, 1.82) is 0 Å². The fourth-order valence-corrected chi connectivity index (χ4v) is 1.66. The number of benzene rings is 1. The monoisotopic (exact) mass is 211 g/mol. The molecule has 1 aliphatic carbocycles. The van der Waals surface area contributed by atoms with E-state index in [0.717, 1.165) is 12.8 Å². The topological polar surface area (TPSA) is 12.0 Å². The summed E-state index contributed by atoms with van der Waals surface area (Å²) in [5, 5.41) is 2.93. The lowest BCUT2D eigenvalue weighted by Crippen LogP contribution is -2.26. The molecule has 82 valence electrons. The summed E-state index contributed by atoms with van der Waals surface area (Å²) in [6.45, 7) is 4.10. The van der Waals surface area contributed by atoms with Gasteiger partial charge >= 0.3 is 0 Å². The highest BCUT2D eigenvalue weighted by Crippen LogP contribution is 2.49. The van der Waals surface area contributed by atoms with Crippen LogP contribution in [0.4, 0.5) is 14.5 Å². The Balaban J connectivity index is 2.16. The Morgan fingerprint density at radius 1 is 1.27 bits per heavy atom. The minimum Gasteiger partial charge on any atom is -0.377 e. The van der Waals surface area contributed by atoms with Crippen LogP contribution in [0.2, 0.25) is 0 Å². The molecule has 1 fully saturated rings. The predicted octanol–water partition coefficient (Wildman–Crippen LogP) is 3.57. The van der Waals surface area contributed by atoms with Crippen LogP contribution in [-0.4, -0.2) is 6.04 Å². The number of para-hydroxylation sites is 1. The molecule has 1 N–H and O–H groups in total. The Morgan fingerprint density at radius 2 is 1.80 bits per heavy atom. The summed E-state index contributed by atoms with van der Waals surface area (Å²) in [5.41, 5.74) is 0.201. The summed E-state index contributed by atoms with van der Waals surface area (Å²) in [6, 6.07) is 4.02.